The Kier molecular flexibility index (Phi) is 3.34. The zero-order chi connectivity index (χ0) is 10.7. The highest BCUT2D eigenvalue weighted by Gasteiger charge is 2.36. The Morgan fingerprint density at radius 2 is 2.07 bits per heavy atom. The molecule has 0 N–H and O–H groups in total. The molecule has 1 aromatic rings. The van der Waals surface area contributed by atoms with Crippen molar-refractivity contribution in [3.05, 3.63) is 23.7 Å². The number of furan rings is 1. The number of aryl methyl sites for hydroxylation is 1. The molecule has 0 amide bonds. The van der Waals surface area contributed by atoms with Gasteiger partial charge in [0, 0.05) is 12.3 Å². The zero-order valence-electron chi connectivity index (χ0n) is 8.79. The van der Waals surface area contributed by atoms with E-state index in [4.69, 9.17) is 25.5 Å². The van der Waals surface area contributed by atoms with E-state index in [1.807, 2.05) is 19.1 Å². The largest absolute Gasteiger partial charge is 0.460 e. The molecule has 0 aromatic carbocycles. The van der Waals surface area contributed by atoms with Gasteiger partial charge in [0.15, 0.2) is 5.76 Å². The third-order valence-corrected chi connectivity index (χ3v) is 2.77. The standard InChI is InChI=1S/C11H15ClO3/c1-11(13-7-8-14-11)10-5-4-9(15-10)3-2-6-12/h4-5H,2-3,6-8H2,1H3. The summed E-state index contributed by atoms with van der Waals surface area (Å²) in [4.78, 5) is 0. The summed E-state index contributed by atoms with van der Waals surface area (Å²) in [6.45, 7) is 3.12. The molecule has 1 aromatic heterocycles. The lowest BCUT2D eigenvalue weighted by molar-refractivity contribution is -0.163. The van der Waals surface area contributed by atoms with Crippen LogP contribution in [0.1, 0.15) is 24.9 Å². The number of ether oxygens (including phenoxy) is 2. The van der Waals surface area contributed by atoms with Gasteiger partial charge in [0.25, 0.3) is 0 Å². The second-order valence-corrected chi connectivity index (χ2v) is 4.08. The van der Waals surface area contributed by atoms with Crippen molar-refractivity contribution in [3.8, 4) is 0 Å². The molecule has 0 atom stereocenters. The van der Waals surface area contributed by atoms with Gasteiger partial charge in [-0.05, 0) is 25.5 Å². The van der Waals surface area contributed by atoms with Crippen molar-refractivity contribution in [1.29, 1.82) is 0 Å². The number of halogens is 1. The highest BCUT2D eigenvalue weighted by Crippen LogP contribution is 2.32. The quantitative estimate of drug-likeness (QED) is 0.746. The third kappa shape index (κ3) is 2.36. The summed E-state index contributed by atoms with van der Waals surface area (Å²) in [5, 5.41) is 0. The summed E-state index contributed by atoms with van der Waals surface area (Å²) in [5.74, 6) is 1.63. The lowest BCUT2D eigenvalue weighted by atomic mass is 10.2. The predicted molar refractivity (Wildman–Crippen MR) is 57.0 cm³/mol. The van der Waals surface area contributed by atoms with Crippen molar-refractivity contribution < 1.29 is 13.9 Å². The summed E-state index contributed by atoms with van der Waals surface area (Å²) in [6, 6.07) is 3.87. The van der Waals surface area contributed by atoms with E-state index in [-0.39, 0.29) is 0 Å². The van der Waals surface area contributed by atoms with E-state index in [0.717, 1.165) is 24.4 Å². The van der Waals surface area contributed by atoms with Gasteiger partial charge in [-0.15, -0.1) is 11.6 Å². The predicted octanol–water partition coefficient (Wildman–Crippen LogP) is 2.67. The zero-order valence-corrected chi connectivity index (χ0v) is 9.55. The van der Waals surface area contributed by atoms with Crippen molar-refractivity contribution in [2.24, 2.45) is 0 Å². The van der Waals surface area contributed by atoms with Gasteiger partial charge in [-0.1, -0.05) is 0 Å². The van der Waals surface area contributed by atoms with Crippen molar-refractivity contribution in [1.82, 2.24) is 0 Å². The number of hydrogen-bond donors (Lipinski definition) is 0. The molecule has 0 radical (unpaired) electrons. The minimum atomic E-state index is -0.695. The van der Waals surface area contributed by atoms with Crippen LogP contribution >= 0.6 is 11.6 Å². The Labute approximate surface area is 94.3 Å². The van der Waals surface area contributed by atoms with Crippen molar-refractivity contribution >= 4 is 11.6 Å². The maximum absolute atomic E-state index is 5.66. The molecular weight excluding hydrogens is 216 g/mol. The van der Waals surface area contributed by atoms with Gasteiger partial charge in [0.05, 0.1) is 13.2 Å². The molecule has 2 heterocycles. The molecule has 0 aliphatic carbocycles. The van der Waals surface area contributed by atoms with Crippen LogP contribution in [-0.4, -0.2) is 19.1 Å². The van der Waals surface area contributed by atoms with Crippen LogP contribution in [-0.2, 0) is 21.7 Å². The Morgan fingerprint density at radius 3 is 2.73 bits per heavy atom. The lowest BCUT2D eigenvalue weighted by Crippen LogP contribution is -2.21. The normalized spacial score (nSPS) is 19.6. The minimum absolute atomic E-state index is 0.619. The van der Waals surface area contributed by atoms with Crippen LogP contribution in [0, 0.1) is 0 Å². The van der Waals surface area contributed by atoms with E-state index in [1.54, 1.807) is 0 Å². The highest BCUT2D eigenvalue weighted by molar-refractivity contribution is 6.17. The first-order valence-corrected chi connectivity index (χ1v) is 5.71. The summed E-state index contributed by atoms with van der Waals surface area (Å²) in [7, 11) is 0. The fraction of sp³-hybridized carbons (Fsp3) is 0.636. The van der Waals surface area contributed by atoms with Gasteiger partial charge in [-0.2, -0.15) is 0 Å². The van der Waals surface area contributed by atoms with E-state index in [1.165, 1.54) is 0 Å². The molecule has 2 rings (SSSR count). The van der Waals surface area contributed by atoms with Crippen molar-refractivity contribution in [2.75, 3.05) is 19.1 Å². The summed E-state index contributed by atoms with van der Waals surface area (Å²) >= 11 is 5.62. The van der Waals surface area contributed by atoms with Crippen LogP contribution in [0.5, 0.6) is 0 Å². The number of hydrogen-bond acceptors (Lipinski definition) is 3. The molecule has 0 saturated carbocycles. The van der Waals surface area contributed by atoms with E-state index in [2.05, 4.69) is 0 Å². The molecule has 1 aliphatic heterocycles. The SMILES string of the molecule is CC1(c2ccc(CCCCl)o2)OCCO1. The van der Waals surface area contributed by atoms with Gasteiger partial charge < -0.3 is 13.9 Å². The monoisotopic (exact) mass is 230 g/mol. The molecule has 3 nitrogen and oxygen atoms in total. The Bertz CT molecular complexity index is 315. The van der Waals surface area contributed by atoms with Crippen LogP contribution in [0.4, 0.5) is 0 Å². The van der Waals surface area contributed by atoms with Gasteiger partial charge in [-0.25, -0.2) is 0 Å². The number of alkyl halides is 1. The van der Waals surface area contributed by atoms with Crippen molar-refractivity contribution in [3.63, 3.8) is 0 Å². The van der Waals surface area contributed by atoms with Gasteiger partial charge in [0.1, 0.15) is 5.76 Å². The molecule has 1 fully saturated rings. The molecule has 0 bridgehead atoms. The highest BCUT2D eigenvalue weighted by atomic mass is 35.5. The van der Waals surface area contributed by atoms with E-state index in [9.17, 15) is 0 Å². The van der Waals surface area contributed by atoms with E-state index < -0.39 is 5.79 Å². The van der Waals surface area contributed by atoms with Gasteiger partial charge >= 0.3 is 0 Å². The lowest BCUT2D eigenvalue weighted by Gasteiger charge is -2.18. The molecule has 0 spiro atoms. The molecule has 1 aliphatic rings. The second-order valence-electron chi connectivity index (χ2n) is 3.70. The third-order valence-electron chi connectivity index (χ3n) is 2.50. The average molecular weight is 231 g/mol. The first-order valence-electron chi connectivity index (χ1n) is 5.18. The molecular formula is C11H15ClO3. The van der Waals surface area contributed by atoms with Crippen LogP contribution < -0.4 is 0 Å². The average Bonchev–Trinajstić information content (AvgIpc) is 2.84. The summed E-state index contributed by atoms with van der Waals surface area (Å²) in [6.07, 6.45) is 1.78. The smallest absolute Gasteiger partial charge is 0.225 e. The Balaban J connectivity index is 2.05. The molecule has 0 unspecified atom stereocenters. The van der Waals surface area contributed by atoms with Crippen LogP contribution in [0.2, 0.25) is 0 Å². The van der Waals surface area contributed by atoms with Gasteiger partial charge in [0.2, 0.25) is 5.79 Å². The fourth-order valence-electron chi connectivity index (χ4n) is 1.65. The summed E-state index contributed by atoms with van der Waals surface area (Å²) in [5.41, 5.74) is 0. The molecule has 4 heteroatoms. The van der Waals surface area contributed by atoms with E-state index in [0.29, 0.717) is 19.1 Å². The van der Waals surface area contributed by atoms with Gasteiger partial charge in [-0.3, -0.25) is 0 Å². The Hall–Kier alpha value is -0.510. The Morgan fingerprint density at radius 1 is 1.33 bits per heavy atom. The maximum atomic E-state index is 5.66. The molecule has 1 saturated heterocycles. The molecule has 15 heavy (non-hydrogen) atoms. The number of rotatable bonds is 4. The molecule has 84 valence electrons. The maximum Gasteiger partial charge on any atom is 0.225 e. The van der Waals surface area contributed by atoms with E-state index >= 15 is 0 Å². The van der Waals surface area contributed by atoms with Crippen LogP contribution in [0.3, 0.4) is 0 Å². The topological polar surface area (TPSA) is 31.6 Å². The van der Waals surface area contributed by atoms with Crippen molar-refractivity contribution in [2.45, 2.75) is 25.6 Å². The van der Waals surface area contributed by atoms with Crippen LogP contribution in [0.15, 0.2) is 16.5 Å². The minimum Gasteiger partial charge on any atom is -0.460 e. The summed E-state index contributed by atoms with van der Waals surface area (Å²) < 4.78 is 16.7. The second kappa shape index (κ2) is 4.56. The van der Waals surface area contributed by atoms with Crippen LogP contribution in [0.25, 0.3) is 0 Å². The first-order chi connectivity index (χ1) is 7.24. The fourth-order valence-corrected chi connectivity index (χ4v) is 1.79. The first kappa shape index (κ1) is 11.0.